The van der Waals surface area contributed by atoms with Gasteiger partial charge in [0.25, 0.3) is 0 Å². The standard InChI is InChI=1S/C13H18F2N2/c1-2-17(11-6-7-16-8-11)9-10-4-3-5-12(14)13(10)15/h3-5,11,16H,2,6-9H2,1H3. The topological polar surface area (TPSA) is 15.3 Å². The number of hydrogen-bond acceptors (Lipinski definition) is 2. The molecule has 1 fully saturated rings. The first-order valence-corrected chi connectivity index (χ1v) is 6.10. The molecule has 1 unspecified atom stereocenters. The summed E-state index contributed by atoms with van der Waals surface area (Å²) in [4.78, 5) is 2.19. The van der Waals surface area contributed by atoms with Gasteiger partial charge >= 0.3 is 0 Å². The van der Waals surface area contributed by atoms with E-state index in [-0.39, 0.29) is 0 Å². The normalized spacial score (nSPS) is 20.1. The van der Waals surface area contributed by atoms with Crippen molar-refractivity contribution < 1.29 is 8.78 Å². The van der Waals surface area contributed by atoms with Gasteiger partial charge in [-0.1, -0.05) is 19.1 Å². The smallest absolute Gasteiger partial charge is 0.163 e. The number of likely N-dealkylation sites (N-methyl/N-ethyl adjacent to an activating group) is 1. The second kappa shape index (κ2) is 5.56. The van der Waals surface area contributed by atoms with Crippen molar-refractivity contribution in [2.45, 2.75) is 25.9 Å². The predicted octanol–water partition coefficient (Wildman–Crippen LogP) is 2.15. The van der Waals surface area contributed by atoms with Crippen molar-refractivity contribution in [1.82, 2.24) is 10.2 Å². The quantitative estimate of drug-likeness (QED) is 0.867. The average molecular weight is 240 g/mol. The molecule has 0 radical (unpaired) electrons. The van der Waals surface area contributed by atoms with E-state index in [0.717, 1.165) is 32.1 Å². The van der Waals surface area contributed by atoms with E-state index in [2.05, 4.69) is 17.1 Å². The summed E-state index contributed by atoms with van der Waals surface area (Å²) in [6.07, 6.45) is 1.07. The van der Waals surface area contributed by atoms with Crippen LogP contribution in [0.3, 0.4) is 0 Å². The van der Waals surface area contributed by atoms with Crippen molar-refractivity contribution in [1.29, 1.82) is 0 Å². The van der Waals surface area contributed by atoms with Gasteiger partial charge in [0.2, 0.25) is 0 Å². The maximum atomic E-state index is 13.6. The fraction of sp³-hybridized carbons (Fsp3) is 0.538. The largest absolute Gasteiger partial charge is 0.315 e. The van der Waals surface area contributed by atoms with E-state index in [1.165, 1.54) is 0 Å². The van der Waals surface area contributed by atoms with Crippen LogP contribution in [0.4, 0.5) is 8.78 Å². The first-order chi connectivity index (χ1) is 8.22. The number of benzene rings is 1. The summed E-state index contributed by atoms with van der Waals surface area (Å²) in [6, 6.07) is 4.81. The molecule has 1 heterocycles. The number of hydrogen-bond donors (Lipinski definition) is 1. The third-order valence-corrected chi connectivity index (χ3v) is 3.36. The van der Waals surface area contributed by atoms with E-state index in [1.807, 2.05) is 0 Å². The van der Waals surface area contributed by atoms with Gasteiger partial charge in [-0.3, -0.25) is 4.90 Å². The van der Waals surface area contributed by atoms with E-state index < -0.39 is 11.6 Å². The lowest BCUT2D eigenvalue weighted by atomic mass is 10.1. The van der Waals surface area contributed by atoms with E-state index in [1.54, 1.807) is 12.1 Å². The summed E-state index contributed by atoms with van der Waals surface area (Å²) in [5, 5.41) is 3.29. The van der Waals surface area contributed by atoms with Gasteiger partial charge in [-0.05, 0) is 25.6 Å². The van der Waals surface area contributed by atoms with Crippen molar-refractivity contribution in [3.63, 3.8) is 0 Å². The first-order valence-electron chi connectivity index (χ1n) is 6.10. The Balaban J connectivity index is 2.09. The molecule has 1 saturated heterocycles. The molecule has 0 amide bonds. The van der Waals surface area contributed by atoms with Gasteiger partial charge in [-0.25, -0.2) is 8.78 Å². The maximum Gasteiger partial charge on any atom is 0.163 e. The van der Waals surface area contributed by atoms with Crippen molar-refractivity contribution in [3.05, 3.63) is 35.4 Å². The number of rotatable bonds is 4. The SMILES string of the molecule is CCN(Cc1cccc(F)c1F)C1CCNC1. The molecule has 0 aliphatic carbocycles. The van der Waals surface area contributed by atoms with E-state index >= 15 is 0 Å². The van der Waals surface area contributed by atoms with Crippen LogP contribution in [0, 0.1) is 11.6 Å². The summed E-state index contributed by atoms with van der Waals surface area (Å²) in [5.74, 6) is -1.47. The van der Waals surface area contributed by atoms with E-state index in [9.17, 15) is 8.78 Å². The zero-order valence-corrected chi connectivity index (χ0v) is 10.0. The Labute approximate surface area is 101 Å². The van der Waals surface area contributed by atoms with Crippen LogP contribution in [0.25, 0.3) is 0 Å². The Hall–Kier alpha value is -1.00. The minimum absolute atomic E-state index is 0.433. The Kier molecular flexibility index (Phi) is 4.07. The van der Waals surface area contributed by atoms with E-state index in [0.29, 0.717) is 18.2 Å². The molecule has 0 spiro atoms. The number of nitrogens with one attached hydrogen (secondary N) is 1. The summed E-state index contributed by atoms with van der Waals surface area (Å²) < 4.78 is 26.7. The van der Waals surface area contributed by atoms with Crippen LogP contribution in [-0.2, 0) is 6.54 Å². The van der Waals surface area contributed by atoms with Crippen LogP contribution < -0.4 is 5.32 Å². The highest BCUT2D eigenvalue weighted by atomic mass is 19.2. The van der Waals surface area contributed by atoms with Crippen molar-refractivity contribution >= 4 is 0 Å². The third kappa shape index (κ3) is 2.82. The van der Waals surface area contributed by atoms with E-state index in [4.69, 9.17) is 0 Å². The summed E-state index contributed by atoms with van der Waals surface area (Å²) in [5.41, 5.74) is 0.443. The zero-order valence-electron chi connectivity index (χ0n) is 10.0. The van der Waals surface area contributed by atoms with Gasteiger partial charge in [0.15, 0.2) is 11.6 Å². The summed E-state index contributed by atoms with van der Waals surface area (Å²) in [6.45, 7) is 5.32. The first kappa shape index (κ1) is 12.5. The zero-order chi connectivity index (χ0) is 12.3. The molecule has 2 rings (SSSR count). The molecule has 4 heteroatoms. The molecule has 0 aromatic heterocycles. The predicted molar refractivity (Wildman–Crippen MR) is 63.7 cm³/mol. The third-order valence-electron chi connectivity index (χ3n) is 3.36. The molecular weight excluding hydrogens is 222 g/mol. The highest BCUT2D eigenvalue weighted by Crippen LogP contribution is 2.17. The molecule has 1 aromatic rings. The monoisotopic (exact) mass is 240 g/mol. The van der Waals surface area contributed by atoms with Gasteiger partial charge in [0, 0.05) is 24.7 Å². The second-order valence-electron chi connectivity index (χ2n) is 4.42. The fourth-order valence-corrected chi connectivity index (χ4v) is 2.34. The Morgan fingerprint density at radius 2 is 2.24 bits per heavy atom. The molecule has 1 aromatic carbocycles. The van der Waals surface area contributed by atoms with Gasteiger partial charge < -0.3 is 5.32 Å². The highest BCUT2D eigenvalue weighted by Gasteiger charge is 2.22. The molecule has 1 N–H and O–H groups in total. The van der Waals surface area contributed by atoms with Gasteiger partial charge in [-0.2, -0.15) is 0 Å². The van der Waals surface area contributed by atoms with Gasteiger partial charge in [0.05, 0.1) is 0 Å². The lowest BCUT2D eigenvalue weighted by Gasteiger charge is -2.27. The second-order valence-corrected chi connectivity index (χ2v) is 4.42. The Morgan fingerprint density at radius 1 is 1.41 bits per heavy atom. The van der Waals surface area contributed by atoms with Gasteiger partial charge in [-0.15, -0.1) is 0 Å². The highest BCUT2D eigenvalue weighted by molar-refractivity contribution is 5.19. The van der Waals surface area contributed by atoms with Crippen molar-refractivity contribution in [3.8, 4) is 0 Å². The molecule has 1 aliphatic heterocycles. The lowest BCUT2D eigenvalue weighted by Crippen LogP contribution is -2.36. The molecule has 94 valence electrons. The lowest BCUT2D eigenvalue weighted by molar-refractivity contribution is 0.207. The molecule has 2 nitrogen and oxygen atoms in total. The van der Waals surface area contributed by atoms with Crippen LogP contribution in [0.15, 0.2) is 18.2 Å². The molecule has 17 heavy (non-hydrogen) atoms. The fourth-order valence-electron chi connectivity index (χ4n) is 2.34. The number of halogens is 2. The molecule has 1 aliphatic rings. The maximum absolute atomic E-state index is 13.6. The molecular formula is C13H18F2N2. The average Bonchev–Trinajstić information content (AvgIpc) is 2.85. The Morgan fingerprint density at radius 3 is 2.88 bits per heavy atom. The summed E-state index contributed by atoms with van der Waals surface area (Å²) >= 11 is 0. The van der Waals surface area contributed by atoms with Gasteiger partial charge in [0.1, 0.15) is 0 Å². The van der Waals surface area contributed by atoms with Crippen LogP contribution in [0.2, 0.25) is 0 Å². The van der Waals surface area contributed by atoms with Crippen molar-refractivity contribution in [2.75, 3.05) is 19.6 Å². The van der Waals surface area contributed by atoms with Crippen LogP contribution >= 0.6 is 0 Å². The molecule has 0 bridgehead atoms. The molecule has 0 saturated carbocycles. The van der Waals surface area contributed by atoms with Crippen LogP contribution in [0.1, 0.15) is 18.9 Å². The Bertz CT molecular complexity index is 376. The molecule has 1 atom stereocenters. The van der Waals surface area contributed by atoms with Crippen LogP contribution in [0.5, 0.6) is 0 Å². The van der Waals surface area contributed by atoms with Crippen LogP contribution in [-0.4, -0.2) is 30.6 Å². The number of nitrogens with zero attached hydrogens (tertiary/aromatic N) is 1. The summed E-state index contributed by atoms with van der Waals surface area (Å²) in [7, 11) is 0. The minimum Gasteiger partial charge on any atom is -0.315 e. The minimum atomic E-state index is -0.761. The van der Waals surface area contributed by atoms with Crippen molar-refractivity contribution in [2.24, 2.45) is 0 Å².